The van der Waals surface area contributed by atoms with Gasteiger partial charge in [-0.05, 0) is 5.92 Å². The fourth-order valence-corrected chi connectivity index (χ4v) is 2.44. The quantitative estimate of drug-likeness (QED) is 0.771. The van der Waals surface area contributed by atoms with Crippen LogP contribution in [-0.2, 0) is 14.3 Å². The largest absolute Gasteiger partial charge is 0.344 e. The lowest BCUT2D eigenvalue weighted by Crippen LogP contribution is -2.44. The van der Waals surface area contributed by atoms with Gasteiger partial charge in [0.1, 0.15) is 12.4 Å². The van der Waals surface area contributed by atoms with Crippen LogP contribution >= 0.6 is 0 Å². The summed E-state index contributed by atoms with van der Waals surface area (Å²) in [6, 6.07) is 9.76. The van der Waals surface area contributed by atoms with Gasteiger partial charge in [-0.15, -0.1) is 0 Å². The van der Waals surface area contributed by atoms with Crippen molar-refractivity contribution in [2.24, 2.45) is 11.8 Å². The molecule has 0 saturated carbocycles. The Morgan fingerprint density at radius 1 is 1.17 bits per heavy atom. The smallest absolute Gasteiger partial charge is 0.185 e. The third kappa shape index (κ3) is 2.62. The summed E-state index contributed by atoms with van der Waals surface area (Å²) in [4.78, 5) is 11.1. The highest BCUT2D eigenvalue weighted by atomic mass is 16.7. The van der Waals surface area contributed by atoms with Gasteiger partial charge in [-0.2, -0.15) is 0 Å². The third-order valence-corrected chi connectivity index (χ3v) is 3.46. The minimum absolute atomic E-state index is 0.0409. The molecule has 0 N–H and O–H groups in total. The van der Waals surface area contributed by atoms with Crippen LogP contribution in [0.25, 0.3) is 0 Å². The van der Waals surface area contributed by atoms with Crippen LogP contribution in [0, 0.1) is 11.8 Å². The maximum Gasteiger partial charge on any atom is 0.185 e. The van der Waals surface area contributed by atoms with Gasteiger partial charge >= 0.3 is 0 Å². The van der Waals surface area contributed by atoms with Crippen LogP contribution in [-0.4, -0.2) is 18.5 Å². The Balaban J connectivity index is 2.21. The SMILES string of the molecule is CC(C)[C@H]1O[C@@H](c2ccccc2)O[C@@H](C=O)[C@@H]1C. The summed E-state index contributed by atoms with van der Waals surface area (Å²) in [5, 5.41) is 0. The first-order valence-corrected chi connectivity index (χ1v) is 6.44. The molecule has 1 aromatic rings. The van der Waals surface area contributed by atoms with Gasteiger partial charge in [-0.25, -0.2) is 0 Å². The lowest BCUT2D eigenvalue weighted by Gasteiger charge is -2.40. The lowest BCUT2D eigenvalue weighted by atomic mass is 9.89. The predicted molar refractivity (Wildman–Crippen MR) is 69.0 cm³/mol. The molecular weight excluding hydrogens is 228 g/mol. The van der Waals surface area contributed by atoms with E-state index in [1.165, 1.54) is 0 Å². The van der Waals surface area contributed by atoms with E-state index in [-0.39, 0.29) is 12.0 Å². The van der Waals surface area contributed by atoms with E-state index in [4.69, 9.17) is 9.47 Å². The Hall–Kier alpha value is -1.19. The number of ether oxygens (including phenoxy) is 2. The van der Waals surface area contributed by atoms with Crippen LogP contribution in [0.15, 0.2) is 30.3 Å². The number of rotatable bonds is 3. The Morgan fingerprint density at radius 2 is 1.83 bits per heavy atom. The molecule has 0 aromatic heterocycles. The Bertz CT molecular complexity index is 388. The fourth-order valence-electron chi connectivity index (χ4n) is 2.44. The van der Waals surface area contributed by atoms with Crippen molar-refractivity contribution in [3.63, 3.8) is 0 Å². The van der Waals surface area contributed by atoms with Gasteiger partial charge in [-0.3, -0.25) is 0 Å². The molecule has 0 amide bonds. The molecule has 98 valence electrons. The molecule has 0 unspecified atom stereocenters. The zero-order valence-electron chi connectivity index (χ0n) is 11.1. The van der Waals surface area contributed by atoms with Crippen molar-refractivity contribution in [3.8, 4) is 0 Å². The van der Waals surface area contributed by atoms with Crippen LogP contribution in [0.4, 0.5) is 0 Å². The average Bonchev–Trinajstić information content (AvgIpc) is 2.39. The van der Waals surface area contributed by atoms with E-state index in [0.29, 0.717) is 5.92 Å². The number of hydrogen-bond donors (Lipinski definition) is 0. The highest BCUT2D eigenvalue weighted by Gasteiger charge is 2.38. The summed E-state index contributed by atoms with van der Waals surface area (Å²) < 4.78 is 11.7. The highest BCUT2D eigenvalue weighted by Crippen LogP contribution is 2.35. The van der Waals surface area contributed by atoms with E-state index < -0.39 is 12.4 Å². The zero-order valence-corrected chi connectivity index (χ0v) is 11.1. The maximum atomic E-state index is 11.1. The molecule has 1 fully saturated rings. The second kappa shape index (κ2) is 5.63. The Labute approximate surface area is 108 Å². The number of aldehydes is 1. The molecule has 2 rings (SSSR count). The van der Waals surface area contributed by atoms with Crippen molar-refractivity contribution in [1.82, 2.24) is 0 Å². The first kappa shape index (κ1) is 13.2. The molecule has 3 heteroatoms. The first-order chi connectivity index (χ1) is 8.63. The van der Waals surface area contributed by atoms with Gasteiger partial charge < -0.3 is 14.3 Å². The maximum absolute atomic E-state index is 11.1. The molecule has 0 aliphatic carbocycles. The summed E-state index contributed by atoms with van der Waals surface area (Å²) in [7, 11) is 0. The summed E-state index contributed by atoms with van der Waals surface area (Å²) >= 11 is 0. The minimum atomic E-state index is -0.440. The van der Waals surface area contributed by atoms with Gasteiger partial charge in [-0.1, -0.05) is 51.1 Å². The predicted octanol–water partition coefficient (Wildman–Crippen LogP) is 2.96. The van der Waals surface area contributed by atoms with E-state index in [1.54, 1.807) is 0 Å². The van der Waals surface area contributed by atoms with Gasteiger partial charge in [0.25, 0.3) is 0 Å². The molecule has 0 spiro atoms. The van der Waals surface area contributed by atoms with Crippen molar-refractivity contribution in [3.05, 3.63) is 35.9 Å². The standard InChI is InChI=1S/C15H20O3/c1-10(2)14-11(3)13(9-16)17-15(18-14)12-7-5-4-6-8-12/h4-11,13-15H,1-3H3/t11-,13-,14+,15-/m0/s1. The Kier molecular flexibility index (Phi) is 4.15. The summed E-state index contributed by atoms with van der Waals surface area (Å²) in [6.07, 6.45) is 0.0962. The highest BCUT2D eigenvalue weighted by molar-refractivity contribution is 5.57. The lowest BCUT2D eigenvalue weighted by molar-refractivity contribution is -0.269. The minimum Gasteiger partial charge on any atom is -0.344 e. The molecule has 0 radical (unpaired) electrons. The van der Waals surface area contributed by atoms with Crippen molar-refractivity contribution in [2.45, 2.75) is 39.3 Å². The Morgan fingerprint density at radius 3 is 2.39 bits per heavy atom. The van der Waals surface area contributed by atoms with Crippen LogP contribution in [0.5, 0.6) is 0 Å². The van der Waals surface area contributed by atoms with E-state index in [2.05, 4.69) is 13.8 Å². The molecular formula is C15H20O3. The van der Waals surface area contributed by atoms with Crippen LogP contribution < -0.4 is 0 Å². The molecule has 1 saturated heterocycles. The molecule has 18 heavy (non-hydrogen) atoms. The normalized spacial score (nSPS) is 32.4. The number of carbonyl (C=O) groups excluding carboxylic acids is 1. The van der Waals surface area contributed by atoms with Gasteiger partial charge in [0, 0.05) is 11.5 Å². The number of carbonyl (C=O) groups is 1. The molecule has 4 atom stereocenters. The molecule has 3 nitrogen and oxygen atoms in total. The molecule has 1 heterocycles. The van der Waals surface area contributed by atoms with Crippen LogP contribution in [0.1, 0.15) is 32.6 Å². The third-order valence-electron chi connectivity index (χ3n) is 3.46. The molecule has 0 bridgehead atoms. The zero-order chi connectivity index (χ0) is 13.1. The summed E-state index contributed by atoms with van der Waals surface area (Å²) in [5.41, 5.74) is 0.960. The molecule has 1 aliphatic rings. The second-order valence-corrected chi connectivity index (χ2v) is 5.18. The van der Waals surface area contributed by atoms with Crippen LogP contribution in [0.2, 0.25) is 0 Å². The van der Waals surface area contributed by atoms with Gasteiger partial charge in [0.15, 0.2) is 6.29 Å². The van der Waals surface area contributed by atoms with Crippen molar-refractivity contribution in [1.29, 1.82) is 0 Å². The molecule has 1 aliphatic heterocycles. The van der Waals surface area contributed by atoms with E-state index in [0.717, 1.165) is 11.8 Å². The second-order valence-electron chi connectivity index (χ2n) is 5.18. The van der Waals surface area contributed by atoms with E-state index in [9.17, 15) is 4.79 Å². The van der Waals surface area contributed by atoms with E-state index in [1.807, 2.05) is 37.3 Å². The van der Waals surface area contributed by atoms with Gasteiger partial charge in [0.05, 0.1) is 6.10 Å². The number of hydrogen-bond acceptors (Lipinski definition) is 3. The van der Waals surface area contributed by atoms with E-state index >= 15 is 0 Å². The average molecular weight is 248 g/mol. The topological polar surface area (TPSA) is 35.5 Å². The summed E-state index contributed by atoms with van der Waals surface area (Å²) in [5.74, 6) is 0.444. The summed E-state index contributed by atoms with van der Waals surface area (Å²) in [6.45, 7) is 6.22. The monoisotopic (exact) mass is 248 g/mol. The fraction of sp³-hybridized carbons (Fsp3) is 0.533. The number of benzene rings is 1. The van der Waals surface area contributed by atoms with Gasteiger partial charge in [0.2, 0.25) is 0 Å². The first-order valence-electron chi connectivity index (χ1n) is 6.44. The van der Waals surface area contributed by atoms with Crippen LogP contribution in [0.3, 0.4) is 0 Å². The van der Waals surface area contributed by atoms with Crippen molar-refractivity contribution < 1.29 is 14.3 Å². The molecule has 1 aromatic carbocycles. The van der Waals surface area contributed by atoms with Crippen molar-refractivity contribution >= 4 is 6.29 Å². The van der Waals surface area contributed by atoms with Crippen molar-refractivity contribution in [2.75, 3.05) is 0 Å².